The van der Waals surface area contributed by atoms with Gasteiger partial charge in [0.1, 0.15) is 13.2 Å². The fourth-order valence-corrected chi connectivity index (χ4v) is 2.59. The first-order valence-corrected chi connectivity index (χ1v) is 7.79. The van der Waals surface area contributed by atoms with Gasteiger partial charge in [-0.1, -0.05) is 65.7 Å². The molecule has 0 aliphatic carbocycles. The van der Waals surface area contributed by atoms with E-state index in [2.05, 4.69) is 6.58 Å². The zero-order chi connectivity index (χ0) is 16.8. The van der Waals surface area contributed by atoms with Crippen molar-refractivity contribution in [3.8, 4) is 5.75 Å². The number of rotatable bonds is 6. The molecule has 3 nitrogen and oxygen atoms in total. The van der Waals surface area contributed by atoms with Crippen molar-refractivity contribution in [3.05, 3.63) is 75.2 Å². The molecule has 0 saturated heterocycles. The quantitative estimate of drug-likeness (QED) is 0.492. The largest absolute Gasteiger partial charge is 0.486 e. The molecule has 0 N–H and O–H groups in total. The summed E-state index contributed by atoms with van der Waals surface area (Å²) in [5.41, 5.74) is 1.04. The van der Waals surface area contributed by atoms with E-state index in [0.29, 0.717) is 5.02 Å². The smallest absolute Gasteiger partial charge is 0.338 e. The summed E-state index contributed by atoms with van der Waals surface area (Å²) in [6.07, 6.45) is 1.47. The van der Waals surface area contributed by atoms with E-state index in [1.807, 2.05) is 18.2 Å². The Morgan fingerprint density at radius 3 is 2.35 bits per heavy atom. The lowest BCUT2D eigenvalue weighted by Crippen LogP contribution is -2.06. The van der Waals surface area contributed by atoms with E-state index in [9.17, 15) is 4.79 Å². The zero-order valence-electron chi connectivity index (χ0n) is 12.0. The Morgan fingerprint density at radius 2 is 1.74 bits per heavy atom. The van der Waals surface area contributed by atoms with Gasteiger partial charge in [-0.2, -0.15) is 0 Å². The van der Waals surface area contributed by atoms with E-state index in [4.69, 9.17) is 44.3 Å². The number of hydrogen-bond acceptors (Lipinski definition) is 3. The van der Waals surface area contributed by atoms with Gasteiger partial charge < -0.3 is 9.47 Å². The lowest BCUT2D eigenvalue weighted by Gasteiger charge is -2.12. The van der Waals surface area contributed by atoms with Gasteiger partial charge in [-0.3, -0.25) is 0 Å². The molecule has 2 aromatic carbocycles. The molecule has 0 saturated carbocycles. The van der Waals surface area contributed by atoms with Crippen LogP contribution in [0.25, 0.3) is 0 Å². The molecule has 0 aromatic heterocycles. The van der Waals surface area contributed by atoms with E-state index in [0.717, 1.165) is 5.56 Å². The van der Waals surface area contributed by atoms with Crippen LogP contribution in [-0.2, 0) is 11.3 Å². The van der Waals surface area contributed by atoms with E-state index in [1.165, 1.54) is 18.2 Å². The second-order valence-corrected chi connectivity index (χ2v) is 5.76. The third-order valence-electron chi connectivity index (χ3n) is 2.90. The highest BCUT2D eigenvalue weighted by Crippen LogP contribution is 2.35. The van der Waals surface area contributed by atoms with Crippen molar-refractivity contribution in [2.75, 3.05) is 6.61 Å². The predicted octanol–water partition coefficient (Wildman–Crippen LogP) is 5.57. The van der Waals surface area contributed by atoms with Crippen molar-refractivity contribution in [1.82, 2.24) is 0 Å². The zero-order valence-corrected chi connectivity index (χ0v) is 14.3. The lowest BCUT2D eigenvalue weighted by molar-refractivity contribution is 0.0549. The normalized spacial score (nSPS) is 10.2. The molecule has 0 spiro atoms. The van der Waals surface area contributed by atoms with Crippen LogP contribution < -0.4 is 4.74 Å². The summed E-state index contributed by atoms with van der Waals surface area (Å²) in [6, 6.07) is 10.2. The van der Waals surface area contributed by atoms with Gasteiger partial charge in [-0.15, -0.1) is 0 Å². The molecule has 0 radical (unpaired) electrons. The van der Waals surface area contributed by atoms with Gasteiger partial charge in [0.15, 0.2) is 5.75 Å². The van der Waals surface area contributed by atoms with Crippen LogP contribution in [0, 0.1) is 0 Å². The average Bonchev–Trinajstić information content (AvgIpc) is 2.53. The third kappa shape index (κ3) is 4.64. The molecule has 0 heterocycles. The van der Waals surface area contributed by atoms with Gasteiger partial charge in [0.05, 0.1) is 15.6 Å². The maximum absolute atomic E-state index is 11.8. The third-order valence-corrected chi connectivity index (χ3v) is 3.83. The fourth-order valence-electron chi connectivity index (χ4n) is 1.80. The Labute approximate surface area is 149 Å². The Bertz CT molecular complexity index is 706. The Hall–Kier alpha value is -1.68. The van der Waals surface area contributed by atoms with Gasteiger partial charge in [-0.25, -0.2) is 4.79 Å². The first-order chi connectivity index (χ1) is 11.0. The highest BCUT2D eigenvalue weighted by molar-refractivity contribution is 6.37. The van der Waals surface area contributed by atoms with Crippen molar-refractivity contribution in [1.29, 1.82) is 0 Å². The van der Waals surface area contributed by atoms with E-state index < -0.39 is 5.97 Å². The lowest BCUT2D eigenvalue weighted by atomic mass is 10.2. The second-order valence-electron chi connectivity index (χ2n) is 4.54. The minimum absolute atomic E-state index is 0.110. The highest BCUT2D eigenvalue weighted by atomic mass is 35.5. The first kappa shape index (κ1) is 17.7. The van der Waals surface area contributed by atoms with Gasteiger partial charge >= 0.3 is 5.97 Å². The molecule has 0 bridgehead atoms. The molecule has 23 heavy (non-hydrogen) atoms. The second kappa shape index (κ2) is 8.25. The number of ether oxygens (including phenoxy) is 2. The maximum atomic E-state index is 11.8. The predicted molar refractivity (Wildman–Crippen MR) is 92.7 cm³/mol. The Balaban J connectivity index is 2.16. The van der Waals surface area contributed by atoms with Crippen LogP contribution >= 0.6 is 34.8 Å². The minimum atomic E-state index is -0.536. The number of carbonyl (C=O) groups is 1. The SMILES string of the molecule is C=CCOC(=O)c1cc(Cl)c(OCc2ccccc2Cl)c(Cl)c1. The molecule has 0 unspecified atom stereocenters. The molecule has 0 atom stereocenters. The summed E-state index contributed by atoms with van der Waals surface area (Å²) in [5, 5.41) is 1.02. The van der Waals surface area contributed by atoms with Gasteiger partial charge in [0.25, 0.3) is 0 Å². The number of carbonyl (C=O) groups excluding carboxylic acids is 1. The Morgan fingerprint density at radius 1 is 1.09 bits per heavy atom. The molecule has 2 rings (SSSR count). The number of benzene rings is 2. The molecule has 2 aromatic rings. The van der Waals surface area contributed by atoms with Crippen LogP contribution in [0.15, 0.2) is 49.1 Å². The van der Waals surface area contributed by atoms with Crippen LogP contribution in [0.1, 0.15) is 15.9 Å². The maximum Gasteiger partial charge on any atom is 0.338 e. The first-order valence-electron chi connectivity index (χ1n) is 6.66. The summed E-state index contributed by atoms with van der Waals surface area (Å²) in [5.74, 6) is -0.250. The average molecular weight is 372 g/mol. The molecule has 0 amide bonds. The van der Waals surface area contributed by atoms with Crippen molar-refractivity contribution in [2.24, 2.45) is 0 Å². The van der Waals surface area contributed by atoms with Gasteiger partial charge in [-0.05, 0) is 18.2 Å². The van der Waals surface area contributed by atoms with Crippen LogP contribution in [0.5, 0.6) is 5.75 Å². The molecule has 0 aliphatic heterocycles. The number of hydrogen-bond donors (Lipinski definition) is 0. The van der Waals surface area contributed by atoms with Gasteiger partial charge in [0, 0.05) is 10.6 Å². The number of halogens is 3. The summed E-state index contributed by atoms with van der Waals surface area (Å²) < 4.78 is 10.6. The fraction of sp³-hybridized carbons (Fsp3) is 0.118. The molecule has 0 aliphatic rings. The number of esters is 1. The monoisotopic (exact) mass is 370 g/mol. The Kier molecular flexibility index (Phi) is 6.34. The van der Waals surface area contributed by atoms with E-state index in [1.54, 1.807) is 6.07 Å². The standard InChI is InChI=1S/C17H13Cl3O3/c1-2-7-22-17(21)12-8-14(19)16(15(20)9-12)23-10-11-5-3-4-6-13(11)18/h2-6,8-9H,1,7,10H2. The summed E-state index contributed by atoms with van der Waals surface area (Å²) in [4.78, 5) is 11.8. The summed E-state index contributed by atoms with van der Waals surface area (Å²) in [7, 11) is 0. The van der Waals surface area contributed by atoms with Crippen molar-refractivity contribution in [2.45, 2.75) is 6.61 Å². The molecule has 6 heteroatoms. The highest BCUT2D eigenvalue weighted by Gasteiger charge is 2.15. The van der Waals surface area contributed by atoms with E-state index in [-0.39, 0.29) is 34.6 Å². The topological polar surface area (TPSA) is 35.5 Å². The van der Waals surface area contributed by atoms with E-state index >= 15 is 0 Å². The minimum Gasteiger partial charge on any atom is -0.486 e. The van der Waals surface area contributed by atoms with Crippen LogP contribution in [0.2, 0.25) is 15.1 Å². The van der Waals surface area contributed by atoms with Crippen LogP contribution in [-0.4, -0.2) is 12.6 Å². The van der Waals surface area contributed by atoms with Crippen molar-refractivity contribution >= 4 is 40.8 Å². The molecule has 120 valence electrons. The van der Waals surface area contributed by atoms with Crippen molar-refractivity contribution in [3.63, 3.8) is 0 Å². The summed E-state index contributed by atoms with van der Waals surface area (Å²) in [6.45, 7) is 3.79. The molecular formula is C17H13Cl3O3. The van der Waals surface area contributed by atoms with Gasteiger partial charge in [0.2, 0.25) is 0 Å². The summed E-state index contributed by atoms with van der Waals surface area (Å²) >= 11 is 18.4. The van der Waals surface area contributed by atoms with Crippen molar-refractivity contribution < 1.29 is 14.3 Å². The molecular weight excluding hydrogens is 359 g/mol. The van der Waals surface area contributed by atoms with Crippen LogP contribution in [0.3, 0.4) is 0 Å². The molecule has 0 fully saturated rings. The van der Waals surface area contributed by atoms with Crippen LogP contribution in [0.4, 0.5) is 0 Å².